The normalized spacial score (nSPS) is 17.0. The van der Waals surface area contributed by atoms with Gasteiger partial charge in [-0.05, 0) is 17.5 Å². The van der Waals surface area contributed by atoms with Gasteiger partial charge in [0, 0.05) is 5.92 Å². The lowest BCUT2D eigenvalue weighted by molar-refractivity contribution is -0.163. The zero-order chi connectivity index (χ0) is 12.3. The highest BCUT2D eigenvalue weighted by atomic mass is 16.6. The van der Waals surface area contributed by atoms with Gasteiger partial charge in [-0.25, -0.2) is 0 Å². The monoisotopic (exact) mass is 232 g/mol. The quantitative estimate of drug-likeness (QED) is 0.594. The van der Waals surface area contributed by atoms with Crippen LogP contribution in [-0.2, 0) is 20.7 Å². The van der Waals surface area contributed by atoms with E-state index in [-0.39, 0.29) is 5.92 Å². The Bertz CT molecular complexity index is 404. The highest BCUT2D eigenvalue weighted by Crippen LogP contribution is 2.28. The fourth-order valence-electron chi connectivity index (χ4n) is 2.17. The lowest BCUT2D eigenvalue weighted by Crippen LogP contribution is -2.24. The first-order valence-corrected chi connectivity index (χ1v) is 6.01. The summed E-state index contributed by atoms with van der Waals surface area (Å²) in [6, 6.07) is 8.18. The third-order valence-corrected chi connectivity index (χ3v) is 3.04. The molecular formula is C14H16O3. The van der Waals surface area contributed by atoms with E-state index in [2.05, 4.69) is 23.8 Å². The summed E-state index contributed by atoms with van der Waals surface area (Å²) in [6.07, 6.45) is 2.79. The average Bonchev–Trinajstić information content (AvgIpc) is 2.29. The summed E-state index contributed by atoms with van der Waals surface area (Å²) in [7, 11) is 0. The number of esters is 2. The van der Waals surface area contributed by atoms with Crippen molar-refractivity contribution in [3.05, 3.63) is 35.4 Å². The first kappa shape index (κ1) is 11.8. The number of rotatable bonds is 3. The van der Waals surface area contributed by atoms with E-state index >= 15 is 0 Å². The third-order valence-electron chi connectivity index (χ3n) is 3.04. The molecule has 0 atom stereocenters. The van der Waals surface area contributed by atoms with Gasteiger partial charge < -0.3 is 4.74 Å². The molecule has 0 N–H and O–H groups in total. The number of hydrogen-bond acceptors (Lipinski definition) is 3. The molecule has 0 spiro atoms. The molecular weight excluding hydrogens is 216 g/mol. The van der Waals surface area contributed by atoms with Crippen molar-refractivity contribution in [1.82, 2.24) is 0 Å². The van der Waals surface area contributed by atoms with E-state index in [1.54, 1.807) is 0 Å². The summed E-state index contributed by atoms with van der Waals surface area (Å²) < 4.78 is 4.52. The Morgan fingerprint density at radius 1 is 1.12 bits per heavy atom. The van der Waals surface area contributed by atoms with Crippen LogP contribution in [0.25, 0.3) is 0 Å². The van der Waals surface area contributed by atoms with Crippen molar-refractivity contribution in [2.24, 2.45) is 0 Å². The van der Waals surface area contributed by atoms with Crippen LogP contribution in [0.4, 0.5) is 0 Å². The Morgan fingerprint density at radius 3 is 2.24 bits per heavy atom. The zero-order valence-corrected chi connectivity index (χ0v) is 9.94. The second kappa shape index (κ2) is 5.13. The summed E-state index contributed by atoms with van der Waals surface area (Å²) in [5.41, 5.74) is 2.34. The summed E-state index contributed by atoms with van der Waals surface area (Å²) in [5, 5.41) is 0. The Hall–Kier alpha value is -1.64. The number of carbonyl (C=O) groups is 2. The Balaban J connectivity index is 2.11. The lowest BCUT2D eigenvalue weighted by Gasteiger charge is -2.20. The minimum absolute atomic E-state index is 0.0144. The van der Waals surface area contributed by atoms with E-state index in [9.17, 15) is 9.59 Å². The molecule has 0 aromatic heterocycles. The Morgan fingerprint density at radius 2 is 1.71 bits per heavy atom. The van der Waals surface area contributed by atoms with Crippen LogP contribution in [0.3, 0.4) is 0 Å². The molecule has 0 bridgehead atoms. The number of carbonyl (C=O) groups excluding carboxylic acids is 2. The first-order valence-electron chi connectivity index (χ1n) is 6.01. The van der Waals surface area contributed by atoms with Gasteiger partial charge in [0.15, 0.2) is 0 Å². The van der Waals surface area contributed by atoms with E-state index in [0.717, 1.165) is 18.4 Å². The van der Waals surface area contributed by atoms with Crippen molar-refractivity contribution < 1.29 is 14.3 Å². The van der Waals surface area contributed by atoms with Crippen molar-refractivity contribution in [2.75, 3.05) is 0 Å². The maximum Gasteiger partial charge on any atom is 0.314 e. The summed E-state index contributed by atoms with van der Waals surface area (Å²) in [5.74, 6) is -0.841. The molecule has 2 rings (SSSR count). The maximum atomic E-state index is 11.2. The second-order valence-corrected chi connectivity index (χ2v) is 4.44. The molecule has 17 heavy (non-hydrogen) atoms. The maximum absolute atomic E-state index is 11.2. The van der Waals surface area contributed by atoms with Gasteiger partial charge in [0.05, 0.1) is 12.8 Å². The van der Waals surface area contributed by atoms with Crippen LogP contribution >= 0.6 is 0 Å². The van der Waals surface area contributed by atoms with Gasteiger partial charge in [-0.15, -0.1) is 0 Å². The molecule has 0 saturated carbocycles. The molecule has 1 saturated heterocycles. The van der Waals surface area contributed by atoms with Crippen LogP contribution in [0, 0.1) is 0 Å². The van der Waals surface area contributed by atoms with Crippen molar-refractivity contribution in [2.45, 2.75) is 38.5 Å². The second-order valence-electron chi connectivity index (χ2n) is 4.44. The van der Waals surface area contributed by atoms with E-state index in [4.69, 9.17) is 0 Å². The van der Waals surface area contributed by atoms with Crippen molar-refractivity contribution in [1.29, 1.82) is 0 Å². The molecule has 3 nitrogen and oxygen atoms in total. The van der Waals surface area contributed by atoms with Crippen LogP contribution in [0.1, 0.15) is 43.2 Å². The molecule has 1 aliphatic heterocycles. The van der Waals surface area contributed by atoms with Gasteiger partial charge in [0.2, 0.25) is 0 Å². The molecule has 1 aromatic carbocycles. The van der Waals surface area contributed by atoms with Gasteiger partial charge >= 0.3 is 11.9 Å². The fraction of sp³-hybridized carbons (Fsp3) is 0.429. The van der Waals surface area contributed by atoms with Crippen molar-refractivity contribution in [3.63, 3.8) is 0 Å². The van der Waals surface area contributed by atoms with Crippen LogP contribution < -0.4 is 0 Å². The molecule has 0 unspecified atom stereocenters. The number of benzene rings is 1. The van der Waals surface area contributed by atoms with Crippen LogP contribution in [-0.4, -0.2) is 11.9 Å². The van der Waals surface area contributed by atoms with Gasteiger partial charge in [0.25, 0.3) is 0 Å². The Kier molecular flexibility index (Phi) is 3.57. The summed E-state index contributed by atoms with van der Waals surface area (Å²) in [4.78, 5) is 22.4. The summed E-state index contributed by atoms with van der Waals surface area (Å²) >= 11 is 0. The molecule has 0 aliphatic carbocycles. The topological polar surface area (TPSA) is 43.4 Å². The number of hydrogen-bond donors (Lipinski definition) is 0. The minimum atomic E-state index is -0.413. The zero-order valence-electron chi connectivity index (χ0n) is 9.94. The number of cyclic esters (lactones) is 2. The molecule has 0 radical (unpaired) electrons. The highest BCUT2D eigenvalue weighted by molar-refractivity contribution is 5.89. The largest absolute Gasteiger partial charge is 0.393 e. The Labute approximate surface area is 101 Å². The fourth-order valence-corrected chi connectivity index (χ4v) is 2.17. The molecule has 90 valence electrons. The number of ether oxygens (including phenoxy) is 1. The third kappa shape index (κ3) is 2.93. The average molecular weight is 232 g/mol. The predicted octanol–water partition coefficient (Wildman–Crippen LogP) is 2.59. The molecule has 1 aliphatic rings. The summed E-state index contributed by atoms with van der Waals surface area (Å²) in [6.45, 7) is 2.14. The molecule has 3 heteroatoms. The van der Waals surface area contributed by atoms with E-state index in [0.29, 0.717) is 12.8 Å². The molecule has 1 heterocycles. The van der Waals surface area contributed by atoms with E-state index in [1.165, 1.54) is 5.56 Å². The van der Waals surface area contributed by atoms with Gasteiger partial charge in [0.1, 0.15) is 0 Å². The first-order chi connectivity index (χ1) is 8.19. The van der Waals surface area contributed by atoms with Crippen molar-refractivity contribution in [3.8, 4) is 0 Å². The predicted molar refractivity (Wildman–Crippen MR) is 63.5 cm³/mol. The number of aryl methyl sites for hydroxylation is 1. The van der Waals surface area contributed by atoms with Gasteiger partial charge in [-0.2, -0.15) is 0 Å². The standard InChI is InChI=1S/C14H16O3/c1-2-3-10-4-6-11(7-5-10)12-8-13(15)17-14(16)9-12/h4-7,12H,2-3,8-9H2,1H3. The van der Waals surface area contributed by atoms with E-state index in [1.807, 2.05) is 12.1 Å². The smallest absolute Gasteiger partial charge is 0.314 e. The highest BCUT2D eigenvalue weighted by Gasteiger charge is 2.27. The van der Waals surface area contributed by atoms with Crippen LogP contribution in [0.15, 0.2) is 24.3 Å². The molecule has 1 aromatic rings. The minimum Gasteiger partial charge on any atom is -0.393 e. The van der Waals surface area contributed by atoms with E-state index < -0.39 is 11.9 Å². The SMILES string of the molecule is CCCc1ccc(C2CC(=O)OC(=O)C2)cc1. The lowest BCUT2D eigenvalue weighted by atomic mass is 9.90. The van der Waals surface area contributed by atoms with Crippen LogP contribution in [0.2, 0.25) is 0 Å². The van der Waals surface area contributed by atoms with Crippen LogP contribution in [0.5, 0.6) is 0 Å². The molecule has 1 fully saturated rings. The van der Waals surface area contributed by atoms with Gasteiger partial charge in [-0.3, -0.25) is 9.59 Å². The van der Waals surface area contributed by atoms with Crippen molar-refractivity contribution >= 4 is 11.9 Å². The van der Waals surface area contributed by atoms with Gasteiger partial charge in [-0.1, -0.05) is 37.6 Å². The molecule has 0 amide bonds.